The Bertz CT molecular complexity index is 960. The molecule has 0 saturated heterocycles. The first-order chi connectivity index (χ1) is 11.5. The molecule has 0 radical (unpaired) electrons. The number of H-pyrrole nitrogens is 1. The van der Waals surface area contributed by atoms with Gasteiger partial charge >= 0.3 is 12.0 Å². The van der Waals surface area contributed by atoms with Gasteiger partial charge in [0.25, 0.3) is 5.56 Å². The molecule has 130 valence electrons. The van der Waals surface area contributed by atoms with Crippen molar-refractivity contribution in [3.8, 4) is 28.7 Å². The number of phenols is 1. The number of rotatable bonds is 3. The van der Waals surface area contributed by atoms with E-state index in [2.05, 4.69) is 9.72 Å². The van der Waals surface area contributed by atoms with Crippen molar-refractivity contribution >= 4 is 5.69 Å². The maximum absolute atomic E-state index is 12.4. The van der Waals surface area contributed by atoms with E-state index in [1.54, 1.807) is 6.07 Å². The number of hydrogen-bond acceptors (Lipinski definition) is 6. The van der Waals surface area contributed by atoms with Crippen LogP contribution in [0.1, 0.15) is 11.3 Å². The number of nitro benzene ring substituents is 1. The van der Waals surface area contributed by atoms with Crippen LogP contribution in [0.3, 0.4) is 0 Å². The van der Waals surface area contributed by atoms with E-state index < -0.39 is 45.2 Å². The number of phenolic OH excluding ortho intramolecular Hbond substituents is 1. The fourth-order valence-electron chi connectivity index (χ4n) is 2.14. The number of halogens is 3. The van der Waals surface area contributed by atoms with Crippen molar-refractivity contribution < 1.29 is 27.9 Å². The number of aromatic hydroxyl groups is 1. The zero-order chi connectivity index (χ0) is 18.9. The number of ether oxygens (including phenoxy) is 1. The van der Waals surface area contributed by atoms with Crippen LogP contribution in [0.5, 0.6) is 11.5 Å². The summed E-state index contributed by atoms with van der Waals surface area (Å²) < 4.78 is 40.9. The minimum absolute atomic E-state index is 0.225. The van der Waals surface area contributed by atoms with E-state index in [0.717, 1.165) is 0 Å². The molecule has 0 saturated carbocycles. The predicted octanol–water partition coefficient (Wildman–Crippen LogP) is 2.73. The minimum atomic E-state index is -5.13. The van der Waals surface area contributed by atoms with Crippen LogP contribution < -0.4 is 10.3 Å². The molecule has 0 atom stereocenters. The highest BCUT2D eigenvalue weighted by molar-refractivity contribution is 5.80. The van der Waals surface area contributed by atoms with Crippen LogP contribution in [0.2, 0.25) is 0 Å². The Morgan fingerprint density at radius 3 is 2.48 bits per heavy atom. The van der Waals surface area contributed by atoms with Crippen LogP contribution in [0, 0.1) is 28.4 Å². The van der Waals surface area contributed by atoms with E-state index >= 15 is 0 Å². The van der Waals surface area contributed by atoms with Crippen molar-refractivity contribution in [1.29, 1.82) is 5.26 Å². The molecule has 11 heteroatoms. The van der Waals surface area contributed by atoms with Crippen molar-refractivity contribution in [3.63, 3.8) is 0 Å². The maximum Gasteiger partial charge on any atom is 0.573 e. The van der Waals surface area contributed by atoms with Crippen LogP contribution in [-0.2, 0) is 0 Å². The molecule has 25 heavy (non-hydrogen) atoms. The zero-order valence-corrected chi connectivity index (χ0v) is 12.3. The lowest BCUT2D eigenvalue weighted by atomic mass is 9.99. The maximum atomic E-state index is 12.4. The van der Waals surface area contributed by atoms with Crippen LogP contribution in [-0.4, -0.2) is 21.4 Å². The summed E-state index contributed by atoms with van der Waals surface area (Å²) >= 11 is 0. The van der Waals surface area contributed by atoms with Crippen molar-refractivity contribution in [2.45, 2.75) is 13.3 Å². The van der Waals surface area contributed by atoms with Crippen LogP contribution in [0.25, 0.3) is 11.1 Å². The van der Waals surface area contributed by atoms with Gasteiger partial charge in [-0.15, -0.1) is 13.2 Å². The molecule has 2 N–H and O–H groups in total. The molecule has 0 bridgehead atoms. The quantitative estimate of drug-likeness (QED) is 0.643. The van der Waals surface area contributed by atoms with E-state index in [4.69, 9.17) is 5.26 Å². The summed E-state index contributed by atoms with van der Waals surface area (Å²) in [5.74, 6) is -1.98. The Kier molecular flexibility index (Phi) is 4.38. The molecule has 0 spiro atoms. The SMILES string of the molecule is Cc1cc(-c2cc(OC(F)(F)F)cc([N+](=O)[O-])c2O)c(C#N)c(=O)[nH]1. The molecule has 1 heterocycles. The van der Waals surface area contributed by atoms with Gasteiger partial charge in [0.2, 0.25) is 5.75 Å². The molecule has 0 aliphatic heterocycles. The lowest BCUT2D eigenvalue weighted by Gasteiger charge is -2.13. The third-order valence-electron chi connectivity index (χ3n) is 3.06. The Labute approximate surface area is 136 Å². The number of benzene rings is 1. The summed E-state index contributed by atoms with van der Waals surface area (Å²) in [4.78, 5) is 24.0. The molecule has 0 aliphatic carbocycles. The van der Waals surface area contributed by atoms with E-state index in [-0.39, 0.29) is 11.3 Å². The van der Waals surface area contributed by atoms with Gasteiger partial charge in [0, 0.05) is 16.8 Å². The molecular formula is C14H8F3N3O5. The lowest BCUT2D eigenvalue weighted by molar-refractivity contribution is -0.386. The van der Waals surface area contributed by atoms with Crippen molar-refractivity contribution in [3.05, 3.63) is 49.9 Å². The van der Waals surface area contributed by atoms with Crippen LogP contribution in [0.4, 0.5) is 18.9 Å². The van der Waals surface area contributed by atoms with Crippen molar-refractivity contribution in [1.82, 2.24) is 4.98 Å². The zero-order valence-electron chi connectivity index (χ0n) is 12.3. The van der Waals surface area contributed by atoms with Gasteiger partial charge < -0.3 is 14.8 Å². The van der Waals surface area contributed by atoms with Crippen LogP contribution >= 0.6 is 0 Å². The third kappa shape index (κ3) is 3.69. The summed E-state index contributed by atoms with van der Waals surface area (Å²) in [5.41, 5.74) is -3.01. The number of alkyl halides is 3. The predicted molar refractivity (Wildman–Crippen MR) is 77.0 cm³/mol. The number of nitriles is 1. The average Bonchev–Trinajstić information content (AvgIpc) is 2.46. The molecule has 0 fully saturated rings. The van der Waals surface area contributed by atoms with Gasteiger partial charge in [0.15, 0.2) is 0 Å². The number of nitrogens with one attached hydrogen (secondary N) is 1. The Hall–Kier alpha value is -3.55. The monoisotopic (exact) mass is 355 g/mol. The molecule has 1 aromatic carbocycles. The fourth-order valence-corrected chi connectivity index (χ4v) is 2.14. The Balaban J connectivity index is 2.84. The first-order valence-corrected chi connectivity index (χ1v) is 6.45. The Morgan fingerprint density at radius 2 is 1.96 bits per heavy atom. The average molecular weight is 355 g/mol. The first-order valence-electron chi connectivity index (χ1n) is 6.45. The van der Waals surface area contributed by atoms with Gasteiger partial charge in [-0.1, -0.05) is 0 Å². The number of aryl methyl sites for hydroxylation is 1. The summed E-state index contributed by atoms with van der Waals surface area (Å²) in [5, 5.41) is 30.1. The topological polar surface area (TPSA) is 129 Å². The largest absolute Gasteiger partial charge is 0.573 e. The molecule has 0 aliphatic rings. The number of nitrogens with zero attached hydrogens (tertiary/aromatic N) is 2. The summed E-state index contributed by atoms with van der Waals surface area (Å²) in [7, 11) is 0. The summed E-state index contributed by atoms with van der Waals surface area (Å²) in [6.07, 6.45) is -5.13. The van der Waals surface area contributed by atoms with Crippen LogP contribution in [0.15, 0.2) is 23.0 Å². The van der Waals surface area contributed by atoms with Crippen molar-refractivity contribution in [2.75, 3.05) is 0 Å². The third-order valence-corrected chi connectivity index (χ3v) is 3.06. The molecule has 2 aromatic rings. The standard InChI is InChI=1S/C14H8F3N3O5/c1-6-2-8(10(5-18)13(22)19-6)9-3-7(25-14(15,16)17)4-11(12(9)21)20(23)24/h2-4,21H,1H3,(H,19,22). The molecule has 1 aromatic heterocycles. The highest BCUT2D eigenvalue weighted by Crippen LogP contribution is 2.42. The second kappa shape index (κ2) is 6.16. The number of aromatic nitrogens is 1. The van der Waals surface area contributed by atoms with Gasteiger partial charge in [-0.3, -0.25) is 14.9 Å². The molecule has 2 rings (SSSR count). The second-order valence-corrected chi connectivity index (χ2v) is 4.83. The molecule has 0 unspecified atom stereocenters. The van der Waals surface area contributed by atoms with Gasteiger partial charge in [-0.25, -0.2) is 0 Å². The Morgan fingerprint density at radius 1 is 1.32 bits per heavy atom. The smallest absolute Gasteiger partial charge is 0.502 e. The van der Waals surface area contributed by atoms with E-state index in [1.807, 2.05) is 0 Å². The number of hydrogen-bond donors (Lipinski definition) is 2. The van der Waals surface area contributed by atoms with E-state index in [0.29, 0.717) is 12.1 Å². The number of nitro groups is 1. The number of pyridine rings is 1. The van der Waals surface area contributed by atoms with Gasteiger partial charge in [0.1, 0.15) is 17.4 Å². The highest BCUT2D eigenvalue weighted by Gasteiger charge is 2.33. The molecule has 8 nitrogen and oxygen atoms in total. The number of aromatic amines is 1. The van der Waals surface area contributed by atoms with Crippen molar-refractivity contribution in [2.24, 2.45) is 0 Å². The second-order valence-electron chi connectivity index (χ2n) is 4.83. The highest BCUT2D eigenvalue weighted by atomic mass is 19.4. The summed E-state index contributed by atoms with van der Waals surface area (Å²) in [6.45, 7) is 1.42. The van der Waals surface area contributed by atoms with Gasteiger partial charge in [-0.2, -0.15) is 5.26 Å². The summed E-state index contributed by atoms with van der Waals surface area (Å²) in [6, 6.07) is 3.78. The van der Waals surface area contributed by atoms with E-state index in [1.165, 1.54) is 13.0 Å². The first kappa shape index (κ1) is 17.8. The lowest BCUT2D eigenvalue weighted by Crippen LogP contribution is -2.17. The van der Waals surface area contributed by atoms with E-state index in [9.17, 15) is 33.2 Å². The minimum Gasteiger partial charge on any atom is -0.502 e. The molecular weight excluding hydrogens is 347 g/mol. The van der Waals surface area contributed by atoms with Gasteiger partial charge in [0.05, 0.1) is 11.0 Å². The van der Waals surface area contributed by atoms with Gasteiger partial charge in [-0.05, 0) is 19.1 Å². The molecule has 0 amide bonds. The fraction of sp³-hybridized carbons (Fsp3) is 0.143. The normalized spacial score (nSPS) is 11.0.